The first-order chi connectivity index (χ1) is 9.51. The monoisotopic (exact) mass is 329 g/mol. The highest BCUT2D eigenvalue weighted by Crippen LogP contribution is 2.33. The van der Waals surface area contributed by atoms with Gasteiger partial charge in [0.25, 0.3) is 0 Å². The summed E-state index contributed by atoms with van der Waals surface area (Å²) in [4.78, 5) is 0. The Hall–Kier alpha value is -1.79. The van der Waals surface area contributed by atoms with Gasteiger partial charge in [0, 0.05) is 4.47 Å². The van der Waals surface area contributed by atoms with Gasteiger partial charge in [0.1, 0.15) is 11.5 Å². The molecule has 0 heterocycles. The van der Waals surface area contributed by atoms with E-state index in [0.29, 0.717) is 11.5 Å². The first-order valence-electron chi connectivity index (χ1n) is 6.49. The Morgan fingerprint density at radius 1 is 1.15 bits per heavy atom. The second-order valence-corrected chi connectivity index (χ2v) is 5.94. The van der Waals surface area contributed by atoms with E-state index >= 15 is 0 Å². The van der Waals surface area contributed by atoms with Crippen molar-refractivity contribution in [3.8, 4) is 17.6 Å². The average Bonchev–Trinajstić information content (AvgIpc) is 2.41. The highest BCUT2D eigenvalue weighted by Gasteiger charge is 2.10. The van der Waals surface area contributed by atoms with Crippen LogP contribution in [-0.2, 0) is 0 Å². The molecule has 0 aliphatic heterocycles. The van der Waals surface area contributed by atoms with Crippen LogP contribution >= 0.6 is 15.9 Å². The van der Waals surface area contributed by atoms with E-state index in [1.165, 1.54) is 0 Å². The van der Waals surface area contributed by atoms with E-state index in [1.54, 1.807) is 6.07 Å². The van der Waals surface area contributed by atoms with Crippen LogP contribution in [0.25, 0.3) is 0 Å². The van der Waals surface area contributed by atoms with E-state index in [-0.39, 0.29) is 0 Å². The van der Waals surface area contributed by atoms with Crippen molar-refractivity contribution in [2.75, 3.05) is 0 Å². The second kappa shape index (κ2) is 6.11. The van der Waals surface area contributed by atoms with Gasteiger partial charge in [-0.2, -0.15) is 5.26 Å². The van der Waals surface area contributed by atoms with Gasteiger partial charge >= 0.3 is 0 Å². The molecular formula is C17H16BrNO. The molecule has 0 fully saturated rings. The summed E-state index contributed by atoms with van der Waals surface area (Å²) in [6.45, 7) is 6.19. The lowest BCUT2D eigenvalue weighted by Gasteiger charge is -2.14. The summed E-state index contributed by atoms with van der Waals surface area (Å²) < 4.78 is 7.02. The third-order valence-electron chi connectivity index (χ3n) is 3.14. The van der Waals surface area contributed by atoms with Crippen molar-refractivity contribution in [3.63, 3.8) is 0 Å². The van der Waals surface area contributed by atoms with Crippen molar-refractivity contribution < 1.29 is 4.74 Å². The van der Waals surface area contributed by atoms with Crippen molar-refractivity contribution >= 4 is 15.9 Å². The summed E-state index contributed by atoms with van der Waals surface area (Å²) in [7, 11) is 0. The number of hydrogen-bond acceptors (Lipinski definition) is 2. The van der Waals surface area contributed by atoms with Crippen LogP contribution < -0.4 is 4.74 Å². The topological polar surface area (TPSA) is 33.0 Å². The number of halogens is 1. The molecule has 0 amide bonds. The molecule has 0 N–H and O–H groups in total. The molecule has 0 saturated heterocycles. The Morgan fingerprint density at radius 2 is 1.90 bits per heavy atom. The minimum absolute atomic E-state index is 0.377. The number of ether oxygens (including phenoxy) is 1. The lowest BCUT2D eigenvalue weighted by atomic mass is 10.0. The number of rotatable bonds is 3. The van der Waals surface area contributed by atoms with Gasteiger partial charge in [0.2, 0.25) is 0 Å². The van der Waals surface area contributed by atoms with E-state index in [2.05, 4.69) is 41.9 Å². The lowest BCUT2D eigenvalue weighted by molar-refractivity contribution is 0.472. The van der Waals surface area contributed by atoms with Crippen LogP contribution in [0.4, 0.5) is 0 Å². The Labute approximate surface area is 128 Å². The molecule has 0 bridgehead atoms. The highest BCUT2D eigenvalue weighted by atomic mass is 79.9. The summed E-state index contributed by atoms with van der Waals surface area (Å²) >= 11 is 3.49. The number of nitrogens with zero attached hydrogens (tertiary/aromatic N) is 1. The fourth-order valence-corrected chi connectivity index (χ4v) is 2.39. The van der Waals surface area contributed by atoms with Gasteiger partial charge in [-0.05, 0) is 60.4 Å². The predicted molar refractivity (Wildman–Crippen MR) is 84.2 cm³/mol. The SMILES string of the molecule is Cc1cc(Oc2ccc(Br)cc2C(C)C)ccc1C#N. The zero-order chi connectivity index (χ0) is 14.7. The van der Waals surface area contributed by atoms with E-state index in [9.17, 15) is 0 Å². The van der Waals surface area contributed by atoms with Gasteiger partial charge in [0.05, 0.1) is 11.6 Å². The highest BCUT2D eigenvalue weighted by molar-refractivity contribution is 9.10. The third kappa shape index (κ3) is 3.20. The zero-order valence-corrected chi connectivity index (χ0v) is 13.4. The van der Waals surface area contributed by atoms with Crippen molar-refractivity contribution in [2.24, 2.45) is 0 Å². The fraction of sp³-hybridized carbons (Fsp3) is 0.235. The van der Waals surface area contributed by atoms with E-state index < -0.39 is 0 Å². The zero-order valence-electron chi connectivity index (χ0n) is 11.8. The lowest BCUT2D eigenvalue weighted by Crippen LogP contribution is -1.95. The molecule has 0 unspecified atom stereocenters. The number of hydrogen-bond donors (Lipinski definition) is 0. The van der Waals surface area contributed by atoms with Gasteiger partial charge in [-0.15, -0.1) is 0 Å². The third-order valence-corrected chi connectivity index (χ3v) is 3.63. The molecule has 0 aliphatic rings. The van der Waals surface area contributed by atoms with Crippen LogP contribution in [0.15, 0.2) is 40.9 Å². The number of nitriles is 1. The maximum Gasteiger partial charge on any atom is 0.130 e. The molecule has 20 heavy (non-hydrogen) atoms. The maximum atomic E-state index is 8.95. The smallest absolute Gasteiger partial charge is 0.130 e. The van der Waals surface area contributed by atoms with E-state index in [1.807, 2.05) is 31.2 Å². The predicted octanol–water partition coefficient (Wildman–Crippen LogP) is 5.54. The van der Waals surface area contributed by atoms with Crippen LogP contribution in [0, 0.1) is 18.3 Å². The van der Waals surface area contributed by atoms with Gasteiger partial charge in [-0.25, -0.2) is 0 Å². The molecule has 0 atom stereocenters. The normalized spacial score (nSPS) is 10.4. The molecule has 0 spiro atoms. The van der Waals surface area contributed by atoms with Gasteiger partial charge < -0.3 is 4.74 Å². The van der Waals surface area contributed by atoms with Crippen molar-refractivity contribution in [3.05, 3.63) is 57.6 Å². The quantitative estimate of drug-likeness (QED) is 0.740. The van der Waals surface area contributed by atoms with Gasteiger partial charge in [0.15, 0.2) is 0 Å². The Morgan fingerprint density at radius 3 is 2.50 bits per heavy atom. The summed E-state index contributed by atoms with van der Waals surface area (Å²) in [6, 6.07) is 13.7. The van der Waals surface area contributed by atoms with Crippen LogP contribution in [0.3, 0.4) is 0 Å². The number of aryl methyl sites for hydroxylation is 1. The molecule has 102 valence electrons. The Bertz CT molecular complexity index is 671. The molecule has 0 saturated carbocycles. The van der Waals surface area contributed by atoms with Crippen molar-refractivity contribution in [1.82, 2.24) is 0 Å². The molecule has 2 aromatic carbocycles. The molecule has 3 heteroatoms. The van der Waals surface area contributed by atoms with Crippen LogP contribution in [0.5, 0.6) is 11.5 Å². The molecule has 2 nitrogen and oxygen atoms in total. The molecule has 0 radical (unpaired) electrons. The van der Waals surface area contributed by atoms with Gasteiger partial charge in [-0.3, -0.25) is 0 Å². The van der Waals surface area contributed by atoms with E-state index in [0.717, 1.165) is 27.1 Å². The molecule has 2 rings (SSSR count). The minimum atomic E-state index is 0.377. The van der Waals surface area contributed by atoms with Crippen LogP contribution in [0.2, 0.25) is 0 Å². The molecule has 0 aromatic heterocycles. The maximum absolute atomic E-state index is 8.95. The van der Waals surface area contributed by atoms with Crippen LogP contribution in [-0.4, -0.2) is 0 Å². The van der Waals surface area contributed by atoms with Crippen molar-refractivity contribution in [1.29, 1.82) is 5.26 Å². The van der Waals surface area contributed by atoms with Crippen molar-refractivity contribution in [2.45, 2.75) is 26.7 Å². The largest absolute Gasteiger partial charge is 0.457 e. The Balaban J connectivity index is 2.35. The molecule has 2 aromatic rings. The summed E-state index contributed by atoms with van der Waals surface area (Å²) in [5.74, 6) is 1.99. The minimum Gasteiger partial charge on any atom is -0.457 e. The van der Waals surface area contributed by atoms with E-state index in [4.69, 9.17) is 10.00 Å². The van der Waals surface area contributed by atoms with Gasteiger partial charge in [-0.1, -0.05) is 29.8 Å². The van der Waals surface area contributed by atoms with Crippen LogP contribution in [0.1, 0.15) is 36.5 Å². The first-order valence-corrected chi connectivity index (χ1v) is 7.28. The summed E-state index contributed by atoms with van der Waals surface area (Å²) in [5, 5.41) is 8.95. The summed E-state index contributed by atoms with van der Waals surface area (Å²) in [6.07, 6.45) is 0. The second-order valence-electron chi connectivity index (χ2n) is 5.03. The number of benzene rings is 2. The fourth-order valence-electron chi connectivity index (χ4n) is 2.02. The average molecular weight is 330 g/mol. The standard InChI is InChI=1S/C17H16BrNO/c1-11(2)16-9-14(18)5-7-17(16)20-15-6-4-13(10-19)12(3)8-15/h4-9,11H,1-3H3. The Kier molecular flexibility index (Phi) is 4.46. The first kappa shape index (κ1) is 14.6. The summed E-state index contributed by atoms with van der Waals surface area (Å²) in [5.41, 5.74) is 2.76. The molecule has 0 aliphatic carbocycles. The molecular weight excluding hydrogens is 314 g/mol.